The van der Waals surface area contributed by atoms with Crippen molar-refractivity contribution in [3.63, 3.8) is 0 Å². The van der Waals surface area contributed by atoms with Gasteiger partial charge in [0.25, 0.3) is 0 Å². The molecule has 4 heteroatoms. The Morgan fingerprint density at radius 1 is 0.879 bits per heavy atom. The van der Waals surface area contributed by atoms with Crippen molar-refractivity contribution >= 4 is 28.2 Å². The van der Waals surface area contributed by atoms with E-state index in [1.165, 1.54) is 22.3 Å². The summed E-state index contributed by atoms with van der Waals surface area (Å²) < 4.78 is 0. The van der Waals surface area contributed by atoms with Crippen LogP contribution >= 0.6 is 11.6 Å². The number of benzene rings is 3. The van der Waals surface area contributed by atoms with Gasteiger partial charge in [0.1, 0.15) is 0 Å². The first kappa shape index (κ1) is 23.3. The van der Waals surface area contributed by atoms with E-state index >= 15 is 0 Å². The smallest absolute Gasteiger partial charge is 0.0737 e. The highest BCUT2D eigenvalue weighted by atomic mass is 35.5. The number of halogens is 1. The van der Waals surface area contributed by atoms with E-state index in [9.17, 15) is 0 Å². The molecule has 0 atom stereocenters. The number of pyridine rings is 1. The van der Waals surface area contributed by atoms with Crippen LogP contribution in [0.25, 0.3) is 10.9 Å². The molecule has 0 aliphatic heterocycles. The van der Waals surface area contributed by atoms with Crippen LogP contribution in [-0.4, -0.2) is 23.0 Å². The van der Waals surface area contributed by atoms with E-state index < -0.39 is 0 Å². The fourth-order valence-corrected chi connectivity index (χ4v) is 4.39. The van der Waals surface area contributed by atoms with Crippen LogP contribution < -0.4 is 5.32 Å². The summed E-state index contributed by atoms with van der Waals surface area (Å²) in [6, 6.07) is 25.5. The van der Waals surface area contributed by atoms with Crippen molar-refractivity contribution in [1.29, 1.82) is 0 Å². The molecular weight excluding hydrogens is 426 g/mol. The third-order valence-corrected chi connectivity index (χ3v) is 6.30. The third kappa shape index (κ3) is 6.56. The van der Waals surface area contributed by atoms with Crippen LogP contribution in [0.2, 0.25) is 5.02 Å². The fraction of sp³-hybridized carbons (Fsp3) is 0.276. The molecule has 1 N–H and O–H groups in total. The van der Waals surface area contributed by atoms with E-state index in [0.29, 0.717) is 0 Å². The van der Waals surface area contributed by atoms with Crippen molar-refractivity contribution in [2.75, 3.05) is 18.4 Å². The molecule has 170 valence electrons. The van der Waals surface area contributed by atoms with Gasteiger partial charge in [0, 0.05) is 41.9 Å². The number of hydrogen-bond donors (Lipinski definition) is 1. The number of nitrogens with zero attached hydrogens (tertiary/aromatic N) is 2. The molecule has 33 heavy (non-hydrogen) atoms. The zero-order valence-corrected chi connectivity index (χ0v) is 20.3. The lowest BCUT2D eigenvalue weighted by molar-refractivity contribution is 0.251. The van der Waals surface area contributed by atoms with Crippen LogP contribution in [0, 0.1) is 13.8 Å². The summed E-state index contributed by atoms with van der Waals surface area (Å²) in [4.78, 5) is 7.00. The van der Waals surface area contributed by atoms with Crippen LogP contribution in [0.15, 0.2) is 79.0 Å². The van der Waals surface area contributed by atoms with E-state index in [0.717, 1.165) is 60.6 Å². The van der Waals surface area contributed by atoms with Gasteiger partial charge in [0.2, 0.25) is 0 Å². The second-order valence-corrected chi connectivity index (χ2v) is 9.22. The molecule has 4 aromatic rings. The maximum absolute atomic E-state index is 6.12. The Morgan fingerprint density at radius 2 is 1.73 bits per heavy atom. The van der Waals surface area contributed by atoms with Crippen molar-refractivity contribution in [3.05, 3.63) is 106 Å². The molecule has 3 aromatic carbocycles. The van der Waals surface area contributed by atoms with Crippen LogP contribution in [0.5, 0.6) is 0 Å². The number of unbranched alkanes of at least 4 members (excludes halogenated alkanes) is 1. The molecule has 0 aliphatic carbocycles. The summed E-state index contributed by atoms with van der Waals surface area (Å²) in [7, 11) is 0. The zero-order valence-electron chi connectivity index (χ0n) is 19.5. The SMILES string of the molecule is Cc1ccc(C)c(CN(CCCCNc2ccnc3cc(Cl)ccc23)Cc2ccccc2)c1. The highest BCUT2D eigenvalue weighted by molar-refractivity contribution is 6.31. The highest BCUT2D eigenvalue weighted by Crippen LogP contribution is 2.24. The van der Waals surface area contributed by atoms with Crippen molar-refractivity contribution in [3.8, 4) is 0 Å². The molecule has 0 fully saturated rings. The minimum Gasteiger partial charge on any atom is -0.384 e. The standard InChI is InChI=1S/C29H32ClN3/c1-22-10-11-23(2)25(18-22)21-33(20-24-8-4-3-5-9-24)17-7-6-15-31-28-14-16-32-29-19-26(30)12-13-27(28)29/h3-5,8-14,16,18-19H,6-7,15,17,20-21H2,1-2H3,(H,31,32). The Balaban J connectivity index is 1.35. The molecule has 0 unspecified atom stereocenters. The average molecular weight is 458 g/mol. The summed E-state index contributed by atoms with van der Waals surface area (Å²) in [6.45, 7) is 8.34. The molecule has 1 aromatic heterocycles. The van der Waals surface area contributed by atoms with Gasteiger partial charge < -0.3 is 5.32 Å². The van der Waals surface area contributed by atoms with Crippen LogP contribution in [0.4, 0.5) is 5.69 Å². The minimum absolute atomic E-state index is 0.717. The molecule has 0 spiro atoms. The van der Waals surface area contributed by atoms with Crippen molar-refractivity contribution in [2.24, 2.45) is 0 Å². The van der Waals surface area contributed by atoms with E-state index in [1.54, 1.807) is 0 Å². The van der Waals surface area contributed by atoms with Gasteiger partial charge in [0.05, 0.1) is 5.52 Å². The summed E-state index contributed by atoms with van der Waals surface area (Å²) in [5, 5.41) is 5.43. The maximum Gasteiger partial charge on any atom is 0.0737 e. The summed E-state index contributed by atoms with van der Waals surface area (Å²) in [5.74, 6) is 0. The topological polar surface area (TPSA) is 28.2 Å². The fourth-order valence-electron chi connectivity index (χ4n) is 4.23. The second kappa shape index (κ2) is 11.3. The minimum atomic E-state index is 0.717. The first-order chi connectivity index (χ1) is 16.1. The van der Waals surface area contributed by atoms with Crippen molar-refractivity contribution in [1.82, 2.24) is 9.88 Å². The molecule has 0 radical (unpaired) electrons. The Morgan fingerprint density at radius 3 is 2.58 bits per heavy atom. The Kier molecular flexibility index (Phi) is 7.98. The third-order valence-electron chi connectivity index (χ3n) is 6.07. The monoisotopic (exact) mass is 457 g/mol. The first-order valence-electron chi connectivity index (χ1n) is 11.7. The summed E-state index contributed by atoms with van der Waals surface area (Å²) in [5.41, 5.74) is 7.52. The average Bonchev–Trinajstić information content (AvgIpc) is 2.81. The van der Waals surface area contributed by atoms with E-state index in [4.69, 9.17) is 11.6 Å². The first-order valence-corrected chi connectivity index (χ1v) is 12.1. The quantitative estimate of drug-likeness (QED) is 0.251. The van der Waals surface area contributed by atoms with Gasteiger partial charge in [-0.3, -0.25) is 9.88 Å². The number of aromatic nitrogens is 1. The van der Waals surface area contributed by atoms with Gasteiger partial charge >= 0.3 is 0 Å². The maximum atomic E-state index is 6.12. The van der Waals surface area contributed by atoms with E-state index in [1.807, 2.05) is 30.5 Å². The number of anilines is 1. The van der Waals surface area contributed by atoms with E-state index in [-0.39, 0.29) is 0 Å². The van der Waals surface area contributed by atoms with Crippen molar-refractivity contribution < 1.29 is 0 Å². The van der Waals surface area contributed by atoms with Crippen LogP contribution in [0.3, 0.4) is 0 Å². The Labute approximate surface area is 202 Å². The van der Waals surface area contributed by atoms with Gasteiger partial charge in [-0.15, -0.1) is 0 Å². The predicted molar refractivity (Wildman–Crippen MR) is 141 cm³/mol. The van der Waals surface area contributed by atoms with Gasteiger partial charge in [-0.2, -0.15) is 0 Å². The Hall–Kier alpha value is -2.88. The normalized spacial score (nSPS) is 11.3. The molecule has 0 saturated carbocycles. The molecule has 0 aliphatic rings. The summed E-state index contributed by atoms with van der Waals surface area (Å²) >= 11 is 6.12. The van der Waals surface area contributed by atoms with E-state index in [2.05, 4.69) is 77.6 Å². The summed E-state index contributed by atoms with van der Waals surface area (Å²) in [6.07, 6.45) is 4.09. The Bertz CT molecular complexity index is 1190. The lowest BCUT2D eigenvalue weighted by Gasteiger charge is -2.24. The van der Waals surface area contributed by atoms with Gasteiger partial charge in [-0.1, -0.05) is 65.7 Å². The van der Waals surface area contributed by atoms with Gasteiger partial charge in [-0.25, -0.2) is 0 Å². The lowest BCUT2D eigenvalue weighted by atomic mass is 10.0. The van der Waals surface area contributed by atoms with Crippen LogP contribution in [0.1, 0.15) is 35.1 Å². The van der Waals surface area contributed by atoms with Crippen LogP contribution in [-0.2, 0) is 13.1 Å². The molecule has 3 nitrogen and oxygen atoms in total. The molecular formula is C29H32ClN3. The van der Waals surface area contributed by atoms with Gasteiger partial charge in [-0.05, 0) is 74.2 Å². The van der Waals surface area contributed by atoms with Crippen molar-refractivity contribution in [2.45, 2.75) is 39.8 Å². The number of fused-ring (bicyclic) bond motifs is 1. The number of aryl methyl sites for hydroxylation is 2. The zero-order chi connectivity index (χ0) is 23.0. The number of rotatable bonds is 10. The predicted octanol–water partition coefficient (Wildman–Crippen LogP) is 7.40. The number of hydrogen-bond acceptors (Lipinski definition) is 3. The largest absolute Gasteiger partial charge is 0.384 e. The molecule has 1 heterocycles. The lowest BCUT2D eigenvalue weighted by Crippen LogP contribution is -2.25. The highest BCUT2D eigenvalue weighted by Gasteiger charge is 2.10. The number of nitrogens with one attached hydrogen (secondary N) is 1. The molecule has 0 bridgehead atoms. The molecule has 0 amide bonds. The van der Waals surface area contributed by atoms with Gasteiger partial charge in [0.15, 0.2) is 0 Å². The second-order valence-electron chi connectivity index (χ2n) is 8.78. The molecule has 4 rings (SSSR count). The molecule has 0 saturated heterocycles.